The van der Waals surface area contributed by atoms with Crippen molar-refractivity contribution in [2.75, 3.05) is 0 Å². The van der Waals surface area contributed by atoms with E-state index in [2.05, 4.69) is 4.74 Å². The van der Waals surface area contributed by atoms with Crippen LogP contribution in [-0.2, 0) is 19.1 Å². The van der Waals surface area contributed by atoms with Crippen LogP contribution in [0.25, 0.3) is 0 Å². The molecule has 0 aromatic carbocycles. The highest BCUT2D eigenvalue weighted by molar-refractivity contribution is 5.77. The first-order chi connectivity index (χ1) is 10.2. The summed E-state index contributed by atoms with van der Waals surface area (Å²) in [7, 11) is 0. The van der Waals surface area contributed by atoms with Gasteiger partial charge in [-0.05, 0) is 25.7 Å². The molecule has 0 N–H and O–H groups in total. The van der Waals surface area contributed by atoms with Crippen LogP contribution in [0, 0.1) is 0 Å². The Labute approximate surface area is 123 Å². The van der Waals surface area contributed by atoms with Crippen LogP contribution < -0.4 is 0 Å². The van der Waals surface area contributed by atoms with Gasteiger partial charge in [0.1, 0.15) is 6.10 Å². The summed E-state index contributed by atoms with van der Waals surface area (Å²) in [6.07, 6.45) is -9.89. The molecule has 1 saturated carbocycles. The largest absolute Gasteiger partial charge is 0.462 e. The van der Waals surface area contributed by atoms with Crippen LogP contribution in [0.5, 0.6) is 0 Å². The second kappa shape index (κ2) is 8.28. The van der Waals surface area contributed by atoms with Gasteiger partial charge in [0.15, 0.2) is 0 Å². The number of carbonyl (C=O) groups is 2. The zero-order valence-corrected chi connectivity index (χ0v) is 11.7. The van der Waals surface area contributed by atoms with Gasteiger partial charge in [-0.15, -0.1) is 0 Å². The summed E-state index contributed by atoms with van der Waals surface area (Å²) < 4.78 is 69.7. The highest BCUT2D eigenvalue weighted by Crippen LogP contribution is 2.28. The van der Waals surface area contributed by atoms with Gasteiger partial charge in [-0.25, -0.2) is 8.78 Å². The van der Waals surface area contributed by atoms with Crippen molar-refractivity contribution in [3.05, 3.63) is 0 Å². The Bertz CT molecular complexity index is 377. The highest BCUT2D eigenvalue weighted by atomic mass is 19.4. The van der Waals surface area contributed by atoms with Gasteiger partial charge in [-0.1, -0.05) is 6.42 Å². The number of ether oxygens (including phenoxy) is 2. The van der Waals surface area contributed by atoms with Crippen LogP contribution >= 0.6 is 0 Å². The maximum Gasteiger partial charge on any atom is 0.431 e. The Morgan fingerprint density at radius 2 is 1.55 bits per heavy atom. The van der Waals surface area contributed by atoms with Crippen LogP contribution in [0.2, 0.25) is 0 Å². The fourth-order valence-electron chi connectivity index (χ4n) is 2.09. The molecule has 0 bridgehead atoms. The van der Waals surface area contributed by atoms with Crippen molar-refractivity contribution in [1.29, 1.82) is 0 Å². The smallest absolute Gasteiger partial charge is 0.431 e. The lowest BCUT2D eigenvalue weighted by Crippen LogP contribution is -2.39. The molecular formula is C13H17F5O4. The fraction of sp³-hybridized carbons (Fsp3) is 0.846. The Morgan fingerprint density at radius 1 is 1.00 bits per heavy atom. The zero-order valence-electron chi connectivity index (χ0n) is 11.7. The van der Waals surface area contributed by atoms with Crippen molar-refractivity contribution in [3.63, 3.8) is 0 Å². The molecule has 1 rings (SSSR count). The fourth-order valence-corrected chi connectivity index (χ4v) is 2.09. The molecule has 1 aliphatic carbocycles. The van der Waals surface area contributed by atoms with Crippen LogP contribution in [0.1, 0.15) is 44.9 Å². The summed E-state index contributed by atoms with van der Waals surface area (Å²) in [5, 5.41) is 0. The summed E-state index contributed by atoms with van der Waals surface area (Å²) in [5.41, 5.74) is 0. The molecule has 1 unspecified atom stereocenters. The molecule has 0 aromatic rings. The third-order valence-electron chi connectivity index (χ3n) is 3.19. The number of halogens is 5. The number of carbonyl (C=O) groups excluding carboxylic acids is 2. The molecule has 1 aliphatic rings. The van der Waals surface area contributed by atoms with E-state index in [4.69, 9.17) is 4.74 Å². The maximum absolute atomic E-state index is 12.2. The highest BCUT2D eigenvalue weighted by Gasteiger charge is 2.49. The predicted molar refractivity (Wildman–Crippen MR) is 64.1 cm³/mol. The van der Waals surface area contributed by atoms with E-state index in [1.807, 2.05) is 0 Å². The van der Waals surface area contributed by atoms with E-state index in [-0.39, 0.29) is 6.10 Å². The first kappa shape index (κ1) is 18.6. The lowest BCUT2D eigenvalue weighted by atomic mass is 9.98. The molecular weight excluding hydrogens is 315 g/mol. The molecule has 0 saturated heterocycles. The number of esters is 2. The maximum atomic E-state index is 12.2. The molecule has 0 spiro atoms. The van der Waals surface area contributed by atoms with Crippen molar-refractivity contribution in [3.8, 4) is 0 Å². The summed E-state index contributed by atoms with van der Waals surface area (Å²) in [6.45, 7) is 0. The predicted octanol–water partition coefficient (Wildman–Crippen LogP) is 3.38. The Kier molecular flexibility index (Phi) is 7.02. The third-order valence-corrected chi connectivity index (χ3v) is 3.19. The molecule has 128 valence electrons. The topological polar surface area (TPSA) is 52.6 Å². The average molecular weight is 332 g/mol. The molecule has 22 heavy (non-hydrogen) atoms. The van der Waals surface area contributed by atoms with E-state index in [9.17, 15) is 31.5 Å². The van der Waals surface area contributed by atoms with Crippen LogP contribution in [0.3, 0.4) is 0 Å². The summed E-state index contributed by atoms with van der Waals surface area (Å²) in [4.78, 5) is 22.6. The number of hydrogen-bond acceptors (Lipinski definition) is 4. The minimum atomic E-state index is -5.35. The van der Waals surface area contributed by atoms with Crippen molar-refractivity contribution < 1.29 is 41.0 Å². The summed E-state index contributed by atoms with van der Waals surface area (Å²) in [5.74, 6) is -2.26. The molecule has 1 atom stereocenters. The van der Waals surface area contributed by atoms with Crippen LogP contribution in [0.4, 0.5) is 22.0 Å². The quantitative estimate of drug-likeness (QED) is 0.553. The van der Waals surface area contributed by atoms with Gasteiger partial charge < -0.3 is 9.47 Å². The molecule has 0 aromatic heterocycles. The first-order valence-corrected chi connectivity index (χ1v) is 6.94. The van der Waals surface area contributed by atoms with Gasteiger partial charge in [0.2, 0.25) is 0 Å². The summed E-state index contributed by atoms with van der Waals surface area (Å²) >= 11 is 0. The number of rotatable bonds is 6. The second-order valence-corrected chi connectivity index (χ2v) is 5.04. The van der Waals surface area contributed by atoms with Gasteiger partial charge in [0.25, 0.3) is 12.5 Å². The molecule has 0 aliphatic heterocycles. The third kappa shape index (κ3) is 6.57. The molecule has 0 radical (unpaired) electrons. The van der Waals surface area contributed by atoms with Crippen LogP contribution in [-0.4, -0.2) is 36.7 Å². The van der Waals surface area contributed by atoms with Crippen molar-refractivity contribution in [2.45, 2.75) is 69.8 Å². The molecule has 0 amide bonds. The normalized spacial score (nSPS) is 18.1. The second-order valence-electron chi connectivity index (χ2n) is 5.04. The zero-order chi connectivity index (χ0) is 16.8. The lowest BCUT2D eigenvalue weighted by molar-refractivity contribution is -0.249. The van der Waals surface area contributed by atoms with E-state index in [1.54, 1.807) is 0 Å². The van der Waals surface area contributed by atoms with Crippen LogP contribution in [0.15, 0.2) is 0 Å². The molecule has 0 heterocycles. The Balaban J connectivity index is 2.33. The van der Waals surface area contributed by atoms with Gasteiger partial charge in [-0.3, -0.25) is 9.59 Å². The minimum absolute atomic E-state index is 0.249. The molecule has 9 heteroatoms. The Morgan fingerprint density at radius 3 is 2.05 bits per heavy atom. The van der Waals surface area contributed by atoms with Gasteiger partial charge >= 0.3 is 18.1 Å². The number of alkyl halides is 5. The van der Waals surface area contributed by atoms with E-state index in [1.165, 1.54) is 0 Å². The van der Waals surface area contributed by atoms with E-state index in [0.717, 1.165) is 19.3 Å². The van der Waals surface area contributed by atoms with Gasteiger partial charge in [-0.2, -0.15) is 13.2 Å². The SMILES string of the molecule is O=C(CCC(=O)OC(C(F)F)C(F)(F)F)OC1CCCCC1. The molecule has 1 fully saturated rings. The average Bonchev–Trinajstić information content (AvgIpc) is 2.42. The van der Waals surface area contributed by atoms with Crippen molar-refractivity contribution in [2.24, 2.45) is 0 Å². The van der Waals surface area contributed by atoms with E-state index in [0.29, 0.717) is 12.8 Å². The Hall–Kier alpha value is -1.41. The van der Waals surface area contributed by atoms with Crippen molar-refractivity contribution >= 4 is 11.9 Å². The molecule has 4 nitrogen and oxygen atoms in total. The van der Waals surface area contributed by atoms with Gasteiger partial charge in [0, 0.05) is 0 Å². The monoisotopic (exact) mass is 332 g/mol. The standard InChI is InChI=1S/C13H17F5O4/c14-12(15)11(13(16,17)18)22-10(20)7-6-9(19)21-8-4-2-1-3-5-8/h8,11-12H,1-7H2. The first-order valence-electron chi connectivity index (χ1n) is 6.94. The van der Waals surface area contributed by atoms with Crippen molar-refractivity contribution in [1.82, 2.24) is 0 Å². The minimum Gasteiger partial charge on any atom is -0.462 e. The van der Waals surface area contributed by atoms with E-state index < -0.39 is 43.5 Å². The summed E-state index contributed by atoms with van der Waals surface area (Å²) in [6, 6.07) is 0. The van der Waals surface area contributed by atoms with E-state index >= 15 is 0 Å². The number of hydrogen-bond donors (Lipinski definition) is 0. The lowest BCUT2D eigenvalue weighted by Gasteiger charge is -2.22. The van der Waals surface area contributed by atoms with Gasteiger partial charge in [0.05, 0.1) is 12.8 Å².